The molecule has 392 valence electrons. The number of aryl methyl sites for hydroxylation is 2. The molecule has 0 bridgehead atoms. The van der Waals surface area contributed by atoms with Crippen molar-refractivity contribution in [3.05, 3.63) is 166 Å². The predicted molar refractivity (Wildman–Crippen MR) is 294 cm³/mol. The standard InChI is InChI=1S/2C27H24ClN3O6S.Ca/c2*1-3-16-14-23(24(15-22(16)28)38(34,35)36)30-31-25-20-8-6-5-7-17(20)13-21(26(25)32)27(33)29-18-9-11-19(12-10-18)37-4-2;/h2*5-15,32H,3-4H2,1-2H3,(H,29,33)(H,34,35,36);/q;;+2/p-2. The zero-order chi connectivity index (χ0) is 54.9. The molecule has 77 heavy (non-hydrogen) atoms. The van der Waals surface area contributed by atoms with E-state index >= 15 is 0 Å². The smallest absolute Gasteiger partial charge is 0.870 e. The van der Waals surface area contributed by atoms with E-state index in [1.54, 1.807) is 104 Å². The number of fused-ring (bicyclic) bond motifs is 2. The number of amides is 2. The number of rotatable bonds is 16. The number of hydrogen-bond acceptors (Lipinski definition) is 15. The first-order chi connectivity index (χ1) is 36.2. The van der Waals surface area contributed by atoms with Crippen LogP contribution in [0.3, 0.4) is 0 Å². The number of azo groups is 2. The summed E-state index contributed by atoms with van der Waals surface area (Å²) < 4.78 is 79.9. The van der Waals surface area contributed by atoms with E-state index in [1.807, 2.05) is 20.8 Å². The third kappa shape index (κ3) is 14.5. The van der Waals surface area contributed by atoms with E-state index in [9.17, 15) is 45.7 Å². The fourth-order valence-corrected chi connectivity index (χ4v) is 9.63. The first-order valence-corrected chi connectivity index (χ1v) is 26.8. The second kappa shape index (κ2) is 26.1. The summed E-state index contributed by atoms with van der Waals surface area (Å²) in [4.78, 5) is 25.0. The van der Waals surface area contributed by atoms with Crippen molar-refractivity contribution in [3.63, 3.8) is 0 Å². The number of nitrogens with zero attached hydrogens (tertiary/aromatic N) is 4. The van der Waals surface area contributed by atoms with E-state index in [1.165, 1.54) is 24.3 Å². The molecule has 8 aromatic carbocycles. The summed E-state index contributed by atoms with van der Waals surface area (Å²) in [5, 5.41) is 48.3. The van der Waals surface area contributed by atoms with Crippen molar-refractivity contribution in [1.82, 2.24) is 0 Å². The van der Waals surface area contributed by atoms with Crippen LogP contribution in [0.15, 0.2) is 164 Å². The molecule has 0 radical (unpaired) electrons. The Balaban J connectivity index is 0.000000246. The molecule has 0 aliphatic rings. The average Bonchev–Trinajstić information content (AvgIpc) is 3.40. The zero-order valence-corrected chi connectivity index (χ0v) is 46.9. The van der Waals surface area contributed by atoms with Gasteiger partial charge in [0.1, 0.15) is 43.6 Å². The largest absolute Gasteiger partial charge is 2.00 e. The van der Waals surface area contributed by atoms with Crippen LogP contribution in [0, 0.1) is 0 Å². The van der Waals surface area contributed by atoms with Gasteiger partial charge in [-0.1, -0.05) is 91.3 Å². The second-order valence-electron chi connectivity index (χ2n) is 16.3. The van der Waals surface area contributed by atoms with Gasteiger partial charge in [-0.3, -0.25) is 14.1 Å². The molecular weight excluding hydrogens is 1100 g/mol. The number of carbonyl (C=O) groups excluding carboxylic acids is 2. The summed E-state index contributed by atoms with van der Waals surface area (Å²) in [6.45, 7) is 8.35. The Morgan fingerprint density at radius 1 is 0.584 bits per heavy atom. The fourth-order valence-electron chi connectivity index (χ4n) is 7.65. The maximum Gasteiger partial charge on any atom is 2.00 e. The van der Waals surface area contributed by atoms with E-state index in [0.717, 1.165) is 12.1 Å². The first kappa shape index (κ1) is 59.5. The third-order valence-corrected chi connectivity index (χ3v) is 13.8. The van der Waals surface area contributed by atoms with Crippen molar-refractivity contribution in [2.45, 2.75) is 50.3 Å². The topological polar surface area (TPSA) is 281 Å². The van der Waals surface area contributed by atoms with Crippen LogP contribution in [0.4, 0.5) is 34.1 Å². The Bertz CT molecular complexity index is 3560. The normalized spacial score (nSPS) is 11.5. The van der Waals surface area contributed by atoms with Crippen LogP contribution in [0.5, 0.6) is 23.0 Å². The molecule has 23 heteroatoms. The van der Waals surface area contributed by atoms with E-state index in [4.69, 9.17) is 32.7 Å². The van der Waals surface area contributed by atoms with Gasteiger partial charge >= 0.3 is 37.7 Å². The molecule has 2 amide bonds. The molecule has 4 N–H and O–H groups in total. The number of aromatic hydroxyl groups is 1. The molecule has 0 aliphatic heterocycles. The van der Waals surface area contributed by atoms with E-state index in [0.29, 0.717) is 81.6 Å². The van der Waals surface area contributed by atoms with Crippen molar-refractivity contribution in [2.24, 2.45) is 20.5 Å². The number of anilines is 2. The number of benzene rings is 8. The van der Waals surface area contributed by atoms with E-state index in [2.05, 4.69) is 31.1 Å². The van der Waals surface area contributed by atoms with Gasteiger partial charge in [-0.2, -0.15) is 13.5 Å². The van der Waals surface area contributed by atoms with Gasteiger partial charge in [0, 0.05) is 37.8 Å². The number of nitrogens with one attached hydrogen (secondary N) is 2. The van der Waals surface area contributed by atoms with E-state index < -0.39 is 53.3 Å². The third-order valence-electron chi connectivity index (χ3n) is 11.4. The van der Waals surface area contributed by atoms with Gasteiger partial charge in [0.2, 0.25) is 0 Å². The summed E-state index contributed by atoms with van der Waals surface area (Å²) in [7, 11) is -9.62. The SMILES string of the molecule is CCOc1ccc(NC(=O)c2cc3ccccc3c(N=Nc3cc(CC)c(Cl)cc3S(=O)(=O)O)c2O)cc1.CCOc1ccc(NC(=O)c2cc3ccccc3c(N=Nc3cc(CC)c(Cl)cc3S(=O)(=O)[O-])c2[O-])cc1.[Ca+2]. The summed E-state index contributed by atoms with van der Waals surface area (Å²) >= 11 is 12.2. The number of hydrogen-bond donors (Lipinski definition) is 4. The van der Waals surface area contributed by atoms with Crippen molar-refractivity contribution < 1.29 is 55.2 Å². The number of halogens is 2. The van der Waals surface area contributed by atoms with Crippen LogP contribution >= 0.6 is 23.2 Å². The summed E-state index contributed by atoms with van der Waals surface area (Å²) in [6.07, 6.45) is 0.917. The molecular formula is C54H46CaCl2N6O12S2. The van der Waals surface area contributed by atoms with Gasteiger partial charge in [-0.05, 0) is 134 Å². The maximum atomic E-state index is 13.4. The van der Waals surface area contributed by atoms with Gasteiger partial charge in [0.25, 0.3) is 21.9 Å². The Kier molecular flexibility index (Phi) is 20.2. The summed E-state index contributed by atoms with van der Waals surface area (Å²) in [5.74, 6) is -1.13. The minimum atomic E-state index is -4.94. The Hall–Kier alpha value is -6.72. The monoisotopic (exact) mass is 1140 g/mol. The van der Waals surface area contributed by atoms with Crippen molar-refractivity contribution in [1.29, 1.82) is 0 Å². The van der Waals surface area contributed by atoms with E-state index in [-0.39, 0.29) is 81.7 Å². The molecule has 8 aromatic rings. The molecule has 0 heterocycles. The molecule has 0 fully saturated rings. The molecule has 0 saturated heterocycles. The molecule has 0 unspecified atom stereocenters. The van der Waals surface area contributed by atoms with Gasteiger partial charge < -0.3 is 34.9 Å². The molecule has 8 rings (SSSR count). The predicted octanol–water partition coefficient (Wildman–Crippen LogP) is 12.8. The second-order valence-corrected chi connectivity index (χ2v) is 19.9. The number of carbonyl (C=O) groups is 2. The van der Waals surface area contributed by atoms with Gasteiger partial charge in [0.15, 0.2) is 5.75 Å². The first-order valence-electron chi connectivity index (χ1n) is 23.2. The Labute approximate surface area is 483 Å². The van der Waals surface area contributed by atoms with Crippen LogP contribution < -0.4 is 25.2 Å². The Morgan fingerprint density at radius 3 is 1.45 bits per heavy atom. The number of ether oxygens (including phenoxy) is 2. The van der Waals surface area contributed by atoms with Crippen molar-refractivity contribution in [3.8, 4) is 23.0 Å². The van der Waals surface area contributed by atoms with Crippen LogP contribution in [-0.4, -0.2) is 93.8 Å². The van der Waals surface area contributed by atoms with Crippen molar-refractivity contribution in [2.75, 3.05) is 23.8 Å². The quantitative estimate of drug-likeness (QED) is 0.0399. The molecule has 0 atom stereocenters. The molecule has 0 aliphatic carbocycles. The zero-order valence-electron chi connectivity index (χ0n) is 41.6. The molecule has 0 aromatic heterocycles. The number of phenols is 1. The number of phenolic OH excluding ortho intramolecular Hbond substituents is 1. The molecule has 18 nitrogen and oxygen atoms in total. The fraction of sp³-hybridized carbons (Fsp3) is 0.148. The summed E-state index contributed by atoms with van der Waals surface area (Å²) in [5.41, 5.74) is 1.18. The Morgan fingerprint density at radius 2 is 1.00 bits per heavy atom. The van der Waals surface area contributed by atoms with Crippen LogP contribution in [0.25, 0.3) is 21.5 Å². The van der Waals surface area contributed by atoms with Crippen molar-refractivity contribution >= 4 is 149 Å². The van der Waals surface area contributed by atoms with Crippen LogP contribution in [0.1, 0.15) is 59.5 Å². The van der Waals surface area contributed by atoms with Gasteiger partial charge in [0.05, 0.1) is 29.4 Å². The van der Waals surface area contributed by atoms with Gasteiger partial charge in [-0.25, -0.2) is 8.42 Å². The molecule has 0 saturated carbocycles. The summed E-state index contributed by atoms with van der Waals surface area (Å²) in [6, 6.07) is 34.9. The minimum absolute atomic E-state index is 0. The van der Waals surface area contributed by atoms with Gasteiger partial charge in [-0.15, -0.1) is 15.3 Å². The van der Waals surface area contributed by atoms with Crippen LogP contribution in [0.2, 0.25) is 10.0 Å². The maximum absolute atomic E-state index is 13.4. The minimum Gasteiger partial charge on any atom is -0.870 e. The average molecular weight is 1150 g/mol. The molecule has 0 spiro atoms. The van der Waals surface area contributed by atoms with Crippen LogP contribution in [-0.2, 0) is 33.1 Å².